The summed E-state index contributed by atoms with van der Waals surface area (Å²) in [6, 6.07) is 8.35. The average Bonchev–Trinajstić information content (AvgIpc) is 2.41. The van der Waals surface area contributed by atoms with Crippen LogP contribution in [-0.2, 0) is 17.4 Å². The van der Waals surface area contributed by atoms with Crippen molar-refractivity contribution in [1.82, 2.24) is 9.95 Å². The molecule has 2 heterocycles. The number of anilines is 1. The molecule has 0 saturated carbocycles. The lowest BCUT2D eigenvalue weighted by Gasteiger charge is -2.40. The van der Waals surface area contributed by atoms with Gasteiger partial charge < -0.3 is 0 Å². The minimum Gasteiger partial charge on any atom is -0.280 e. The van der Waals surface area contributed by atoms with E-state index in [1.165, 1.54) is 11.3 Å². The molecule has 1 unspecified atom stereocenters. The van der Waals surface area contributed by atoms with Crippen molar-refractivity contribution in [3.8, 4) is 0 Å². The van der Waals surface area contributed by atoms with Gasteiger partial charge in [0, 0.05) is 18.0 Å². The van der Waals surface area contributed by atoms with Crippen LogP contribution in [0.25, 0.3) is 0 Å². The molecule has 4 nitrogen and oxygen atoms in total. The van der Waals surface area contributed by atoms with E-state index in [9.17, 15) is 4.21 Å². The number of hydrogen-bond donors (Lipinski definition) is 1. The average molecular weight is 263 g/mol. The summed E-state index contributed by atoms with van der Waals surface area (Å²) in [5.74, 6) is 0. The molecule has 2 aliphatic heterocycles. The molecule has 2 aliphatic rings. The lowest BCUT2D eigenvalue weighted by atomic mass is 10.0. The number of hydrogen-bond acceptors (Lipinski definition) is 3. The Morgan fingerprint density at radius 2 is 2.17 bits per heavy atom. The van der Waals surface area contributed by atoms with Crippen LogP contribution >= 0.6 is 0 Å². The van der Waals surface area contributed by atoms with Gasteiger partial charge in [-0.05, 0) is 31.4 Å². The van der Waals surface area contributed by atoms with E-state index in [0.29, 0.717) is 0 Å². The summed E-state index contributed by atoms with van der Waals surface area (Å²) in [6.07, 6.45) is 4.17. The molecule has 0 fully saturated rings. The van der Waals surface area contributed by atoms with E-state index in [0.717, 1.165) is 30.8 Å². The fourth-order valence-electron chi connectivity index (χ4n) is 2.41. The van der Waals surface area contributed by atoms with Crippen molar-refractivity contribution in [2.75, 3.05) is 18.1 Å². The van der Waals surface area contributed by atoms with Crippen molar-refractivity contribution < 1.29 is 4.21 Å². The van der Waals surface area contributed by atoms with Gasteiger partial charge in [-0.15, -0.1) is 0 Å². The second kappa shape index (κ2) is 4.84. The predicted octanol–water partition coefficient (Wildman–Crippen LogP) is 1.74. The van der Waals surface area contributed by atoms with Crippen LogP contribution in [0.15, 0.2) is 35.2 Å². The molecule has 1 aromatic rings. The second-order valence-corrected chi connectivity index (χ2v) is 6.04. The molecule has 0 bridgehead atoms. The number of allylic oxidation sites excluding steroid dienone is 1. The fourth-order valence-corrected chi connectivity index (χ4v) is 3.45. The van der Waals surface area contributed by atoms with Crippen LogP contribution in [0.3, 0.4) is 0 Å². The van der Waals surface area contributed by atoms with Crippen molar-refractivity contribution in [3.63, 3.8) is 0 Å². The van der Waals surface area contributed by atoms with Crippen LogP contribution in [0.1, 0.15) is 18.9 Å². The van der Waals surface area contributed by atoms with Gasteiger partial charge in [0.1, 0.15) is 0 Å². The van der Waals surface area contributed by atoms with Gasteiger partial charge in [-0.1, -0.05) is 28.8 Å². The molecule has 1 N–H and O–H groups in total. The maximum Gasteiger partial charge on any atom is 0.156 e. The van der Waals surface area contributed by atoms with Crippen LogP contribution in [-0.4, -0.2) is 21.8 Å². The summed E-state index contributed by atoms with van der Waals surface area (Å²) in [4.78, 5) is 0.914. The third-order valence-electron chi connectivity index (χ3n) is 3.35. The molecule has 3 rings (SSSR count). The number of aryl methyl sites for hydroxylation is 1. The summed E-state index contributed by atoms with van der Waals surface area (Å²) < 4.78 is 14.1. The van der Waals surface area contributed by atoms with E-state index < -0.39 is 11.0 Å². The molecule has 5 heteroatoms. The van der Waals surface area contributed by atoms with E-state index in [4.69, 9.17) is 0 Å². The quantitative estimate of drug-likeness (QED) is 0.838. The van der Waals surface area contributed by atoms with Crippen molar-refractivity contribution in [3.05, 3.63) is 40.8 Å². The molecule has 0 spiro atoms. The van der Waals surface area contributed by atoms with Crippen LogP contribution in [0, 0.1) is 0 Å². The first-order valence-corrected chi connectivity index (χ1v) is 7.35. The Kier molecular flexibility index (Phi) is 3.20. The normalized spacial score (nSPS) is 24.6. The Balaban J connectivity index is 1.95. The van der Waals surface area contributed by atoms with Crippen LogP contribution < -0.4 is 10.4 Å². The summed E-state index contributed by atoms with van der Waals surface area (Å²) in [6.45, 7) is 3.55. The largest absolute Gasteiger partial charge is 0.280 e. The Labute approximate surface area is 110 Å². The van der Waals surface area contributed by atoms with Gasteiger partial charge in [-0.25, -0.2) is 9.63 Å². The van der Waals surface area contributed by atoms with Gasteiger partial charge >= 0.3 is 0 Å². The third kappa shape index (κ3) is 1.98. The zero-order valence-corrected chi connectivity index (χ0v) is 11.2. The van der Waals surface area contributed by atoms with Crippen molar-refractivity contribution in [2.24, 2.45) is 0 Å². The molecule has 96 valence electrons. The highest BCUT2D eigenvalue weighted by molar-refractivity contribution is 7.86. The van der Waals surface area contributed by atoms with E-state index in [-0.39, 0.29) is 0 Å². The minimum atomic E-state index is -1.12. The number of benzene rings is 1. The third-order valence-corrected chi connectivity index (χ3v) is 4.71. The molecular weight excluding hydrogens is 246 g/mol. The summed E-state index contributed by atoms with van der Waals surface area (Å²) in [5.41, 5.74) is 5.69. The first-order chi connectivity index (χ1) is 8.77. The first-order valence-electron chi connectivity index (χ1n) is 6.25. The Morgan fingerprint density at radius 1 is 1.33 bits per heavy atom. The molecule has 0 amide bonds. The molecule has 1 aromatic carbocycles. The van der Waals surface area contributed by atoms with Crippen molar-refractivity contribution >= 4 is 16.7 Å². The monoisotopic (exact) mass is 263 g/mol. The smallest absolute Gasteiger partial charge is 0.156 e. The van der Waals surface area contributed by atoms with E-state index >= 15 is 0 Å². The maximum atomic E-state index is 12.3. The van der Waals surface area contributed by atoms with Gasteiger partial charge in [-0.2, -0.15) is 0 Å². The highest BCUT2D eigenvalue weighted by Gasteiger charge is 2.28. The Morgan fingerprint density at radius 3 is 3.06 bits per heavy atom. The van der Waals surface area contributed by atoms with Crippen LogP contribution in [0.4, 0.5) is 5.69 Å². The second-order valence-electron chi connectivity index (χ2n) is 4.55. The highest BCUT2D eigenvalue weighted by Crippen LogP contribution is 2.29. The topological polar surface area (TPSA) is 35.6 Å². The number of hydrazine groups is 2. The lowest BCUT2D eigenvalue weighted by molar-refractivity contribution is 0.313. The molecule has 0 aliphatic carbocycles. The van der Waals surface area contributed by atoms with Crippen molar-refractivity contribution in [2.45, 2.75) is 19.8 Å². The molecule has 0 saturated heterocycles. The van der Waals surface area contributed by atoms with Gasteiger partial charge in [-0.3, -0.25) is 5.01 Å². The molecule has 18 heavy (non-hydrogen) atoms. The Hall–Kier alpha value is -1.17. The number of fused-ring (bicyclic) bond motifs is 1. The molecule has 0 aromatic heterocycles. The molecular formula is C13H17N3OS. The molecule has 1 atom stereocenters. The van der Waals surface area contributed by atoms with Crippen LogP contribution in [0.5, 0.6) is 0 Å². The van der Waals surface area contributed by atoms with E-state index in [1.54, 1.807) is 4.52 Å². The van der Waals surface area contributed by atoms with E-state index in [1.807, 2.05) is 19.1 Å². The number of para-hydroxylation sites is 1. The first kappa shape index (κ1) is 11.9. The zero-order chi connectivity index (χ0) is 12.5. The number of rotatable bonds is 1. The lowest BCUT2D eigenvalue weighted by Crippen LogP contribution is -2.55. The van der Waals surface area contributed by atoms with Gasteiger partial charge in [0.25, 0.3) is 0 Å². The van der Waals surface area contributed by atoms with Crippen LogP contribution in [0.2, 0.25) is 0 Å². The van der Waals surface area contributed by atoms with Gasteiger partial charge in [0.15, 0.2) is 11.0 Å². The number of nitrogens with one attached hydrogen (secondary N) is 1. The Bertz CT molecular complexity index is 515. The van der Waals surface area contributed by atoms with Crippen molar-refractivity contribution in [1.29, 1.82) is 0 Å². The zero-order valence-electron chi connectivity index (χ0n) is 10.4. The minimum absolute atomic E-state index is 0.732. The van der Waals surface area contributed by atoms with E-state index in [2.05, 4.69) is 28.6 Å². The highest BCUT2D eigenvalue weighted by atomic mass is 32.2. The SMILES string of the molecule is CC1=CCNN(N2CCCc3ccccc32)S1=O. The van der Waals surface area contributed by atoms with Gasteiger partial charge in [0.2, 0.25) is 0 Å². The summed E-state index contributed by atoms with van der Waals surface area (Å²) in [7, 11) is -1.12. The standard InChI is InChI=1S/C13H17N3OS/c1-11-8-9-14-16(18(11)17)15-10-4-6-12-5-2-3-7-13(12)15/h2-3,5,7-8,14H,4,6,9-10H2,1H3. The maximum absolute atomic E-state index is 12.3. The summed E-state index contributed by atoms with van der Waals surface area (Å²) in [5, 5.41) is 2.10. The summed E-state index contributed by atoms with van der Waals surface area (Å²) >= 11 is 0. The van der Waals surface area contributed by atoms with Gasteiger partial charge in [0.05, 0.1) is 5.69 Å². The fraction of sp³-hybridized carbons (Fsp3) is 0.385. The number of nitrogens with zero attached hydrogens (tertiary/aromatic N) is 2. The predicted molar refractivity (Wildman–Crippen MR) is 73.9 cm³/mol. The molecule has 0 radical (unpaired) electrons.